The molecule has 1 aromatic heterocycles. The second kappa shape index (κ2) is 11.5. The van der Waals surface area contributed by atoms with Crippen LogP contribution in [0.2, 0.25) is 0 Å². The number of methoxy groups -OCH3 is 2. The summed E-state index contributed by atoms with van der Waals surface area (Å²) in [5.74, 6) is -0.714. The van der Waals surface area contributed by atoms with Crippen molar-refractivity contribution in [2.24, 2.45) is 0 Å². The van der Waals surface area contributed by atoms with Gasteiger partial charge in [0.1, 0.15) is 17.0 Å². The smallest absolute Gasteiger partial charge is 0.357 e. The Morgan fingerprint density at radius 1 is 0.939 bits per heavy atom. The van der Waals surface area contributed by atoms with Gasteiger partial charge in [0, 0.05) is 12.0 Å². The topological polar surface area (TPSA) is 103 Å². The molecule has 0 spiro atoms. The van der Waals surface area contributed by atoms with Crippen molar-refractivity contribution in [1.29, 1.82) is 5.26 Å². The molecule has 0 amide bonds. The van der Waals surface area contributed by atoms with E-state index in [1.165, 1.54) is 18.9 Å². The predicted molar refractivity (Wildman–Crippen MR) is 121 cm³/mol. The number of aromatic nitrogens is 2. The van der Waals surface area contributed by atoms with E-state index in [1.807, 2.05) is 18.2 Å². The van der Waals surface area contributed by atoms with Gasteiger partial charge in [-0.2, -0.15) is 10.4 Å². The lowest BCUT2D eigenvalue weighted by molar-refractivity contribution is 0.0549. The third kappa shape index (κ3) is 5.57. The maximum absolute atomic E-state index is 12.7. The quantitative estimate of drug-likeness (QED) is 0.331. The summed E-state index contributed by atoms with van der Waals surface area (Å²) in [6.07, 6.45) is 3.21. The summed E-state index contributed by atoms with van der Waals surface area (Å²) in [5, 5.41) is 13.1. The predicted octanol–water partition coefficient (Wildman–Crippen LogP) is 4.58. The highest BCUT2D eigenvalue weighted by atomic mass is 16.5. The number of ether oxygens (including phenoxy) is 3. The summed E-state index contributed by atoms with van der Waals surface area (Å²) in [7, 11) is 2.50. The number of para-hydroxylation sites is 1. The van der Waals surface area contributed by atoms with E-state index in [9.17, 15) is 9.59 Å². The van der Waals surface area contributed by atoms with Crippen molar-refractivity contribution in [3.05, 3.63) is 65.9 Å². The number of benzene rings is 2. The summed E-state index contributed by atoms with van der Waals surface area (Å²) in [5.41, 5.74) is 1.54. The van der Waals surface area contributed by atoms with Crippen LogP contribution in [0, 0.1) is 11.3 Å². The van der Waals surface area contributed by atoms with Crippen LogP contribution in [0.4, 0.5) is 0 Å². The fourth-order valence-electron chi connectivity index (χ4n) is 3.34. The molecule has 1 heterocycles. The number of hydrogen-bond acceptors (Lipinski definition) is 7. The van der Waals surface area contributed by atoms with Gasteiger partial charge in [0.25, 0.3) is 0 Å². The third-order valence-electron chi connectivity index (χ3n) is 4.98. The summed E-state index contributed by atoms with van der Waals surface area (Å²) in [6, 6.07) is 18.3. The molecule has 0 saturated carbocycles. The lowest BCUT2D eigenvalue weighted by atomic mass is 10.1. The number of rotatable bonds is 10. The molecule has 0 unspecified atom stereocenters. The van der Waals surface area contributed by atoms with Crippen LogP contribution in [-0.2, 0) is 9.47 Å². The zero-order valence-electron chi connectivity index (χ0n) is 18.6. The molecule has 3 rings (SSSR count). The Balaban J connectivity index is 1.94. The molecule has 33 heavy (non-hydrogen) atoms. The number of esters is 2. The van der Waals surface area contributed by atoms with Crippen LogP contribution < -0.4 is 4.74 Å². The highest BCUT2D eigenvalue weighted by Gasteiger charge is 2.31. The number of carbonyl (C=O) groups excluding carboxylic acids is 2. The highest BCUT2D eigenvalue weighted by molar-refractivity contribution is 6.06. The summed E-state index contributed by atoms with van der Waals surface area (Å²) in [4.78, 5) is 25.3. The van der Waals surface area contributed by atoms with Crippen LogP contribution in [0.25, 0.3) is 16.9 Å². The number of hydrogen-bond donors (Lipinski definition) is 0. The Kier molecular flexibility index (Phi) is 8.19. The number of carbonyl (C=O) groups is 2. The fourth-order valence-corrected chi connectivity index (χ4v) is 3.34. The number of unbranched alkanes of at least 4 members (excludes halogenated alkanes) is 3. The summed E-state index contributed by atoms with van der Waals surface area (Å²) >= 11 is 0. The molecule has 0 saturated heterocycles. The van der Waals surface area contributed by atoms with Crippen molar-refractivity contribution in [2.45, 2.75) is 25.7 Å². The first-order valence-electron chi connectivity index (χ1n) is 10.6. The fraction of sp³-hybridized carbons (Fsp3) is 0.280. The minimum absolute atomic E-state index is 0.0109. The third-order valence-corrected chi connectivity index (χ3v) is 4.98. The van der Waals surface area contributed by atoms with Crippen LogP contribution in [0.3, 0.4) is 0 Å². The lowest BCUT2D eigenvalue weighted by Crippen LogP contribution is -2.15. The first kappa shape index (κ1) is 23.5. The largest absolute Gasteiger partial charge is 0.494 e. The van der Waals surface area contributed by atoms with Gasteiger partial charge in [-0.3, -0.25) is 0 Å². The molecular weight excluding hydrogens is 422 g/mol. The average molecular weight is 447 g/mol. The van der Waals surface area contributed by atoms with Gasteiger partial charge in [-0.05, 0) is 55.7 Å². The Bertz CT molecular complexity index is 1130. The lowest BCUT2D eigenvalue weighted by Gasteiger charge is -2.07. The van der Waals surface area contributed by atoms with Crippen LogP contribution in [0.5, 0.6) is 5.75 Å². The van der Waals surface area contributed by atoms with E-state index in [-0.39, 0.29) is 11.3 Å². The SMILES string of the molecule is COC(=O)c1c(-c2ccc(OCCCCCC#N)cc2)nn(-c2ccccc2)c1C(=O)OC. The standard InChI is InChI=1S/C25H25N3O5/c1-31-24(29)21-22(18-12-14-20(15-13-18)33-17-9-4-3-8-16-26)27-28(23(21)25(30)32-2)19-10-6-5-7-11-19/h5-7,10-15H,3-4,8-9,17H2,1-2H3. The molecule has 0 aliphatic carbocycles. The van der Waals surface area contributed by atoms with Crippen LogP contribution in [0.15, 0.2) is 54.6 Å². The molecule has 170 valence electrons. The average Bonchev–Trinajstić information content (AvgIpc) is 3.27. The van der Waals surface area contributed by atoms with Crippen molar-refractivity contribution >= 4 is 11.9 Å². The zero-order chi connectivity index (χ0) is 23.6. The Morgan fingerprint density at radius 2 is 1.64 bits per heavy atom. The normalized spacial score (nSPS) is 10.3. The van der Waals surface area contributed by atoms with Crippen LogP contribution in [-0.4, -0.2) is 42.5 Å². The molecular formula is C25H25N3O5. The summed E-state index contributed by atoms with van der Waals surface area (Å²) < 4.78 is 17.0. The molecule has 0 aliphatic rings. The van der Waals surface area contributed by atoms with Gasteiger partial charge in [-0.15, -0.1) is 0 Å². The first-order chi connectivity index (χ1) is 16.1. The molecule has 0 N–H and O–H groups in total. The molecule has 3 aromatic rings. The van der Waals surface area contributed by atoms with E-state index < -0.39 is 11.9 Å². The molecule has 0 bridgehead atoms. The molecule has 0 aliphatic heterocycles. The van der Waals surface area contributed by atoms with E-state index in [2.05, 4.69) is 11.2 Å². The van der Waals surface area contributed by atoms with E-state index in [0.29, 0.717) is 35.7 Å². The number of nitriles is 1. The van der Waals surface area contributed by atoms with E-state index in [4.69, 9.17) is 19.5 Å². The highest BCUT2D eigenvalue weighted by Crippen LogP contribution is 2.30. The molecule has 0 radical (unpaired) electrons. The second-order valence-electron chi connectivity index (χ2n) is 7.14. The molecule has 0 fully saturated rings. The zero-order valence-corrected chi connectivity index (χ0v) is 18.6. The van der Waals surface area contributed by atoms with E-state index >= 15 is 0 Å². The van der Waals surface area contributed by atoms with E-state index in [1.54, 1.807) is 36.4 Å². The Hall–Kier alpha value is -4.12. The van der Waals surface area contributed by atoms with Crippen molar-refractivity contribution < 1.29 is 23.8 Å². The van der Waals surface area contributed by atoms with Gasteiger partial charge >= 0.3 is 11.9 Å². The minimum Gasteiger partial charge on any atom is -0.494 e. The van der Waals surface area contributed by atoms with Gasteiger partial charge in [0.05, 0.1) is 32.6 Å². The Morgan fingerprint density at radius 3 is 2.27 bits per heavy atom. The van der Waals surface area contributed by atoms with Crippen LogP contribution >= 0.6 is 0 Å². The molecule has 0 atom stereocenters. The van der Waals surface area contributed by atoms with Gasteiger partial charge in [-0.1, -0.05) is 18.2 Å². The maximum Gasteiger partial charge on any atom is 0.357 e. The molecule has 2 aromatic carbocycles. The van der Waals surface area contributed by atoms with Gasteiger partial charge in [0.15, 0.2) is 5.69 Å². The van der Waals surface area contributed by atoms with Gasteiger partial charge in [0.2, 0.25) is 0 Å². The number of nitrogens with zero attached hydrogens (tertiary/aromatic N) is 3. The second-order valence-corrected chi connectivity index (χ2v) is 7.14. The Labute approximate surface area is 192 Å². The minimum atomic E-state index is -0.700. The summed E-state index contributed by atoms with van der Waals surface area (Å²) in [6.45, 7) is 0.549. The van der Waals surface area contributed by atoms with Crippen molar-refractivity contribution in [1.82, 2.24) is 9.78 Å². The maximum atomic E-state index is 12.7. The van der Waals surface area contributed by atoms with Crippen molar-refractivity contribution in [2.75, 3.05) is 20.8 Å². The first-order valence-corrected chi connectivity index (χ1v) is 10.6. The van der Waals surface area contributed by atoms with Crippen molar-refractivity contribution in [3.8, 4) is 28.8 Å². The van der Waals surface area contributed by atoms with Crippen LogP contribution in [0.1, 0.15) is 46.5 Å². The van der Waals surface area contributed by atoms with Gasteiger partial charge in [-0.25, -0.2) is 14.3 Å². The monoisotopic (exact) mass is 447 g/mol. The van der Waals surface area contributed by atoms with E-state index in [0.717, 1.165) is 19.3 Å². The van der Waals surface area contributed by atoms with Gasteiger partial charge < -0.3 is 14.2 Å². The van der Waals surface area contributed by atoms with Crippen molar-refractivity contribution in [3.63, 3.8) is 0 Å². The molecule has 8 nitrogen and oxygen atoms in total. The molecule has 8 heteroatoms.